The third kappa shape index (κ3) is 5.21. The maximum absolute atomic E-state index is 13.4. The average Bonchev–Trinajstić information content (AvgIpc) is 2.64. The van der Waals surface area contributed by atoms with Crippen LogP contribution in [0, 0.1) is 13.8 Å². The molecule has 0 unspecified atom stereocenters. The maximum Gasteiger partial charge on any atom is 0.244 e. The highest BCUT2D eigenvalue weighted by atomic mass is 32.2. The Labute approximate surface area is 185 Å². The number of rotatable bonds is 6. The SMILES string of the molecule is CC[C@H](C(=O)N[C@@H]1CC(C)(C)Oc2cc(C)ccc21)N(c1ccc(C)cc1)S(C)(=O)=O. The van der Waals surface area contributed by atoms with Gasteiger partial charge in [-0.3, -0.25) is 9.10 Å². The molecular weight excluding hydrogens is 412 g/mol. The lowest BCUT2D eigenvalue weighted by molar-refractivity contribution is -0.123. The minimum absolute atomic E-state index is 0.264. The Kier molecular flexibility index (Phi) is 6.37. The fraction of sp³-hybridized carbons (Fsp3) is 0.458. The predicted octanol–water partition coefficient (Wildman–Crippen LogP) is 4.27. The van der Waals surface area contributed by atoms with Gasteiger partial charge in [0, 0.05) is 12.0 Å². The number of amides is 1. The number of carbonyl (C=O) groups excluding carboxylic acids is 1. The molecule has 1 amide bonds. The zero-order chi connectivity index (χ0) is 23.0. The van der Waals surface area contributed by atoms with E-state index in [4.69, 9.17) is 4.74 Å². The van der Waals surface area contributed by atoms with Gasteiger partial charge in [-0.1, -0.05) is 36.8 Å². The Hall–Kier alpha value is -2.54. The van der Waals surface area contributed by atoms with Gasteiger partial charge in [0.2, 0.25) is 15.9 Å². The Morgan fingerprint density at radius 2 is 1.77 bits per heavy atom. The lowest BCUT2D eigenvalue weighted by Crippen LogP contribution is -2.51. The van der Waals surface area contributed by atoms with E-state index in [1.165, 1.54) is 4.31 Å². The highest BCUT2D eigenvalue weighted by molar-refractivity contribution is 7.92. The molecule has 2 atom stereocenters. The van der Waals surface area contributed by atoms with Crippen molar-refractivity contribution in [3.63, 3.8) is 0 Å². The number of aryl methyl sites for hydroxylation is 2. The third-order valence-corrected chi connectivity index (χ3v) is 6.74. The van der Waals surface area contributed by atoms with Gasteiger partial charge in [0.1, 0.15) is 17.4 Å². The Morgan fingerprint density at radius 3 is 2.35 bits per heavy atom. The van der Waals surface area contributed by atoms with Gasteiger partial charge in [-0.25, -0.2) is 8.42 Å². The Morgan fingerprint density at radius 1 is 1.16 bits per heavy atom. The van der Waals surface area contributed by atoms with E-state index in [9.17, 15) is 13.2 Å². The smallest absolute Gasteiger partial charge is 0.244 e. The molecule has 1 aliphatic heterocycles. The van der Waals surface area contributed by atoms with Crippen molar-refractivity contribution in [2.24, 2.45) is 0 Å². The lowest BCUT2D eigenvalue weighted by atomic mass is 9.89. The zero-order valence-electron chi connectivity index (χ0n) is 19.1. The van der Waals surface area contributed by atoms with Gasteiger partial charge >= 0.3 is 0 Å². The van der Waals surface area contributed by atoms with Crippen LogP contribution in [0.5, 0.6) is 5.75 Å². The Bertz CT molecular complexity index is 1060. The minimum atomic E-state index is -3.67. The number of ether oxygens (including phenoxy) is 1. The van der Waals surface area contributed by atoms with Crippen molar-refractivity contribution in [3.05, 3.63) is 59.2 Å². The number of hydrogen-bond acceptors (Lipinski definition) is 4. The molecule has 0 spiro atoms. The van der Waals surface area contributed by atoms with Crippen LogP contribution in [-0.2, 0) is 14.8 Å². The average molecular weight is 445 g/mol. The van der Waals surface area contributed by atoms with E-state index < -0.39 is 21.7 Å². The lowest BCUT2D eigenvalue weighted by Gasteiger charge is -2.39. The monoisotopic (exact) mass is 444 g/mol. The standard InChI is InChI=1S/C24H32N2O4S/c1-7-21(26(31(6,28)29)18-11-8-16(2)9-12-18)23(27)25-20-15-24(4,5)30-22-14-17(3)10-13-19(20)22/h8-14,20-21H,7,15H2,1-6H3,(H,25,27)/t20-,21-/m1/s1. The van der Waals surface area contributed by atoms with Crippen LogP contribution >= 0.6 is 0 Å². The van der Waals surface area contributed by atoms with Crippen LogP contribution in [0.15, 0.2) is 42.5 Å². The highest BCUT2D eigenvalue weighted by Crippen LogP contribution is 2.40. The van der Waals surface area contributed by atoms with Gasteiger partial charge in [-0.2, -0.15) is 0 Å². The van der Waals surface area contributed by atoms with Crippen molar-refractivity contribution in [3.8, 4) is 5.75 Å². The van der Waals surface area contributed by atoms with E-state index >= 15 is 0 Å². The highest BCUT2D eigenvalue weighted by Gasteiger charge is 2.37. The molecule has 2 aromatic rings. The van der Waals surface area contributed by atoms with E-state index in [1.54, 1.807) is 12.1 Å². The van der Waals surface area contributed by atoms with Crippen LogP contribution in [-0.4, -0.2) is 32.2 Å². The molecule has 0 aliphatic carbocycles. The molecule has 0 saturated heterocycles. The summed E-state index contributed by atoms with van der Waals surface area (Å²) < 4.78 is 32.7. The molecule has 0 fully saturated rings. The molecule has 1 heterocycles. The molecule has 2 aromatic carbocycles. The summed E-state index contributed by atoms with van der Waals surface area (Å²) in [6.07, 6.45) is 2.08. The van der Waals surface area contributed by atoms with E-state index in [1.807, 2.05) is 65.0 Å². The largest absolute Gasteiger partial charge is 0.487 e. The van der Waals surface area contributed by atoms with E-state index in [0.717, 1.165) is 28.7 Å². The summed E-state index contributed by atoms with van der Waals surface area (Å²) in [5.41, 5.74) is 3.04. The van der Waals surface area contributed by atoms with Crippen molar-refractivity contribution in [1.29, 1.82) is 0 Å². The summed E-state index contributed by atoms with van der Waals surface area (Å²) in [5, 5.41) is 3.11. The fourth-order valence-corrected chi connectivity index (χ4v) is 5.32. The first-order chi connectivity index (χ1) is 14.4. The first-order valence-corrected chi connectivity index (χ1v) is 12.4. The first-order valence-electron chi connectivity index (χ1n) is 10.6. The zero-order valence-corrected chi connectivity index (χ0v) is 19.9. The third-order valence-electron chi connectivity index (χ3n) is 5.56. The molecule has 1 N–H and O–H groups in total. The number of carbonyl (C=O) groups is 1. The van der Waals surface area contributed by atoms with Crippen LogP contribution in [0.2, 0.25) is 0 Å². The van der Waals surface area contributed by atoms with Gasteiger partial charge in [0.25, 0.3) is 0 Å². The second-order valence-electron chi connectivity index (χ2n) is 8.99. The summed E-state index contributed by atoms with van der Waals surface area (Å²) in [7, 11) is -3.67. The van der Waals surface area contributed by atoms with Crippen LogP contribution in [0.4, 0.5) is 5.69 Å². The second-order valence-corrected chi connectivity index (χ2v) is 10.8. The van der Waals surface area contributed by atoms with Crippen LogP contribution in [0.25, 0.3) is 0 Å². The Balaban J connectivity index is 1.94. The fourth-order valence-electron chi connectivity index (χ4n) is 4.11. The molecule has 0 radical (unpaired) electrons. The molecule has 168 valence electrons. The van der Waals surface area contributed by atoms with Gasteiger partial charge in [0.05, 0.1) is 18.0 Å². The van der Waals surface area contributed by atoms with Crippen LogP contribution in [0.3, 0.4) is 0 Å². The summed E-state index contributed by atoms with van der Waals surface area (Å²) in [6, 6.07) is 12.0. The molecule has 1 aliphatic rings. The van der Waals surface area contributed by atoms with Gasteiger partial charge in [-0.15, -0.1) is 0 Å². The van der Waals surface area contributed by atoms with Crippen molar-refractivity contribution >= 4 is 21.6 Å². The van der Waals surface area contributed by atoms with E-state index in [-0.39, 0.29) is 11.9 Å². The molecule has 3 rings (SSSR count). The molecule has 6 nitrogen and oxygen atoms in total. The molecule has 0 bridgehead atoms. The second kappa shape index (κ2) is 8.54. The summed E-state index contributed by atoms with van der Waals surface area (Å²) in [5.74, 6) is 0.441. The molecular formula is C24H32N2O4S. The molecule has 0 saturated carbocycles. The van der Waals surface area contributed by atoms with Crippen molar-refractivity contribution < 1.29 is 17.9 Å². The number of benzene rings is 2. The summed E-state index contributed by atoms with van der Waals surface area (Å²) in [4.78, 5) is 13.4. The van der Waals surface area contributed by atoms with E-state index in [0.29, 0.717) is 18.5 Å². The quantitative estimate of drug-likeness (QED) is 0.722. The van der Waals surface area contributed by atoms with E-state index in [2.05, 4.69) is 5.32 Å². The van der Waals surface area contributed by atoms with Gasteiger partial charge in [0.15, 0.2) is 0 Å². The summed E-state index contributed by atoms with van der Waals surface area (Å²) in [6.45, 7) is 9.73. The number of fused-ring (bicyclic) bond motifs is 1. The van der Waals surface area contributed by atoms with Crippen molar-refractivity contribution in [2.45, 2.75) is 65.1 Å². The minimum Gasteiger partial charge on any atom is -0.487 e. The number of nitrogens with zero attached hydrogens (tertiary/aromatic N) is 1. The van der Waals surface area contributed by atoms with Crippen molar-refractivity contribution in [2.75, 3.05) is 10.6 Å². The number of nitrogens with one attached hydrogen (secondary N) is 1. The summed E-state index contributed by atoms with van der Waals surface area (Å²) >= 11 is 0. The van der Waals surface area contributed by atoms with Crippen molar-refractivity contribution in [1.82, 2.24) is 5.32 Å². The first kappa shape index (κ1) is 23.1. The van der Waals surface area contributed by atoms with Crippen LogP contribution in [0.1, 0.15) is 56.3 Å². The number of anilines is 1. The van der Waals surface area contributed by atoms with Gasteiger partial charge < -0.3 is 10.1 Å². The normalized spacial score (nSPS) is 18.5. The number of sulfonamides is 1. The molecule has 7 heteroatoms. The van der Waals surface area contributed by atoms with Crippen LogP contribution < -0.4 is 14.4 Å². The maximum atomic E-state index is 13.4. The molecule has 0 aromatic heterocycles. The predicted molar refractivity (Wildman–Crippen MR) is 124 cm³/mol. The topological polar surface area (TPSA) is 75.7 Å². The van der Waals surface area contributed by atoms with Gasteiger partial charge in [-0.05, 0) is 57.9 Å². The molecule has 31 heavy (non-hydrogen) atoms. The number of hydrogen-bond donors (Lipinski definition) is 1.